The summed E-state index contributed by atoms with van der Waals surface area (Å²) in [6.07, 6.45) is 0. The number of aryl methyl sites for hydroxylation is 2. The maximum atomic E-state index is 14.8. The van der Waals surface area contributed by atoms with Crippen molar-refractivity contribution in [1.82, 2.24) is 4.98 Å². The van der Waals surface area contributed by atoms with E-state index in [0.29, 0.717) is 10.6 Å². The highest BCUT2D eigenvalue weighted by Crippen LogP contribution is 2.65. The predicted octanol–water partition coefficient (Wildman–Crippen LogP) is 7.32. The topological polar surface area (TPSA) is 12.9 Å². The first-order chi connectivity index (χ1) is 13.5. The molecule has 0 atom stereocenters. The van der Waals surface area contributed by atoms with Gasteiger partial charge in [0.05, 0.1) is 16.8 Å². The first-order valence-corrected chi connectivity index (χ1v) is 10.2. The molecule has 0 fully saturated rings. The summed E-state index contributed by atoms with van der Waals surface area (Å²) in [6, 6.07) is 9.94. The van der Waals surface area contributed by atoms with Crippen LogP contribution in [0.25, 0.3) is 21.7 Å². The molecule has 2 aromatic heterocycles. The molecule has 0 spiro atoms. The summed E-state index contributed by atoms with van der Waals surface area (Å²) >= 11 is 1.72. The first-order valence-electron chi connectivity index (χ1n) is 8.46. The fourth-order valence-corrected chi connectivity index (χ4v) is 5.25. The largest absolute Gasteiger partial charge is 0.380 e. The number of hydrogen-bond donors (Lipinski definition) is 0. The third-order valence-electron chi connectivity index (χ3n) is 4.81. The molecular weight excluding hydrogens is 432 g/mol. The zero-order valence-electron chi connectivity index (χ0n) is 15.1. The van der Waals surface area contributed by atoms with Crippen LogP contribution in [-0.2, 0) is 0 Å². The molecule has 0 radical (unpaired) electrons. The van der Waals surface area contributed by atoms with E-state index in [1.807, 2.05) is 0 Å². The number of halogens is 6. The quantitative estimate of drug-likeness (QED) is 0.385. The van der Waals surface area contributed by atoms with Crippen LogP contribution in [0, 0.1) is 13.8 Å². The summed E-state index contributed by atoms with van der Waals surface area (Å²) in [7, 11) is 0. The molecule has 0 unspecified atom stereocenters. The lowest BCUT2D eigenvalue weighted by molar-refractivity contribution is -0.254. The normalized spacial score (nSPS) is 19.7. The van der Waals surface area contributed by atoms with E-state index in [4.69, 9.17) is 0 Å². The fraction of sp³-hybridized carbons (Fsp3) is 0.250. The van der Waals surface area contributed by atoms with Crippen molar-refractivity contribution in [1.29, 1.82) is 0 Å². The zero-order valence-corrected chi connectivity index (χ0v) is 16.7. The Morgan fingerprint density at radius 1 is 0.828 bits per heavy atom. The number of alkyl halides is 6. The number of allylic oxidation sites excluding steroid dienone is 2. The van der Waals surface area contributed by atoms with Gasteiger partial charge >= 0.3 is 17.8 Å². The summed E-state index contributed by atoms with van der Waals surface area (Å²) in [5.74, 6) is -15.7. The minimum Gasteiger partial charge on any atom is -0.236 e. The van der Waals surface area contributed by atoms with E-state index in [0.717, 1.165) is 22.7 Å². The van der Waals surface area contributed by atoms with Crippen molar-refractivity contribution < 1.29 is 26.3 Å². The van der Waals surface area contributed by atoms with Crippen LogP contribution in [0.1, 0.15) is 21.0 Å². The fourth-order valence-electron chi connectivity index (χ4n) is 3.31. The number of hydrogen-bond acceptors (Lipinski definition) is 3. The lowest BCUT2D eigenvalue weighted by atomic mass is 10.0. The maximum Gasteiger partial charge on any atom is 0.380 e. The molecule has 0 aliphatic heterocycles. The Labute approximate surface area is 170 Å². The molecule has 1 aromatic carbocycles. The number of aromatic nitrogens is 1. The molecule has 1 aliphatic carbocycles. The van der Waals surface area contributed by atoms with Gasteiger partial charge in [-0.25, -0.2) is 4.98 Å². The summed E-state index contributed by atoms with van der Waals surface area (Å²) in [5, 5.41) is 1.70. The van der Waals surface area contributed by atoms with Crippen LogP contribution in [-0.4, -0.2) is 22.8 Å². The van der Waals surface area contributed by atoms with Gasteiger partial charge in [0.1, 0.15) is 5.01 Å². The van der Waals surface area contributed by atoms with Crippen LogP contribution in [0.5, 0.6) is 0 Å². The van der Waals surface area contributed by atoms with E-state index in [-0.39, 0.29) is 15.3 Å². The third kappa shape index (κ3) is 2.70. The van der Waals surface area contributed by atoms with Gasteiger partial charge in [-0.05, 0) is 30.9 Å². The molecule has 4 rings (SSSR count). The first kappa shape index (κ1) is 20.2. The number of thiophene rings is 1. The molecule has 9 heteroatoms. The minimum atomic E-state index is -5.57. The molecule has 29 heavy (non-hydrogen) atoms. The molecule has 1 nitrogen and oxygen atoms in total. The van der Waals surface area contributed by atoms with Crippen molar-refractivity contribution in [3.8, 4) is 10.6 Å². The van der Waals surface area contributed by atoms with Gasteiger partial charge in [0.2, 0.25) is 0 Å². The Balaban J connectivity index is 2.03. The van der Waals surface area contributed by atoms with Crippen LogP contribution in [0.4, 0.5) is 26.3 Å². The van der Waals surface area contributed by atoms with Crippen LogP contribution in [0.2, 0.25) is 0 Å². The van der Waals surface area contributed by atoms with Gasteiger partial charge in [-0.15, -0.1) is 22.7 Å². The van der Waals surface area contributed by atoms with E-state index >= 15 is 0 Å². The average molecular weight is 445 g/mol. The lowest BCUT2D eigenvalue weighted by Crippen LogP contribution is -2.48. The second-order valence-electron chi connectivity index (χ2n) is 6.70. The van der Waals surface area contributed by atoms with E-state index in [2.05, 4.69) is 4.98 Å². The van der Waals surface area contributed by atoms with Crippen LogP contribution in [0.3, 0.4) is 0 Å². The van der Waals surface area contributed by atoms with Gasteiger partial charge in [0.15, 0.2) is 0 Å². The minimum absolute atomic E-state index is 0.165. The smallest absolute Gasteiger partial charge is 0.236 e. The summed E-state index contributed by atoms with van der Waals surface area (Å²) in [4.78, 5) is 3.98. The molecule has 0 amide bonds. The van der Waals surface area contributed by atoms with E-state index < -0.39 is 34.6 Å². The predicted molar refractivity (Wildman–Crippen MR) is 103 cm³/mol. The van der Waals surface area contributed by atoms with Crippen molar-refractivity contribution in [2.24, 2.45) is 0 Å². The Morgan fingerprint density at radius 2 is 1.45 bits per heavy atom. The van der Waals surface area contributed by atoms with Gasteiger partial charge < -0.3 is 0 Å². The second-order valence-corrected chi connectivity index (χ2v) is 8.82. The van der Waals surface area contributed by atoms with Gasteiger partial charge in [-0.2, -0.15) is 26.3 Å². The monoisotopic (exact) mass is 445 g/mol. The SMILES string of the molecule is Cc1ccsc1C1=C(c2nc(-c3ccccc3)sc2C)C(F)(F)C(F)(F)C1(F)F. The van der Waals surface area contributed by atoms with Gasteiger partial charge in [-0.3, -0.25) is 0 Å². The van der Waals surface area contributed by atoms with Crippen LogP contribution in [0.15, 0.2) is 41.8 Å². The Kier molecular flexibility index (Phi) is 4.47. The third-order valence-corrected chi connectivity index (χ3v) is 6.86. The molecule has 3 aromatic rings. The van der Waals surface area contributed by atoms with E-state index in [9.17, 15) is 26.3 Å². The number of nitrogens with zero attached hydrogens (tertiary/aromatic N) is 1. The molecule has 152 valence electrons. The van der Waals surface area contributed by atoms with Gasteiger partial charge in [0, 0.05) is 15.3 Å². The van der Waals surface area contributed by atoms with Crippen LogP contribution < -0.4 is 0 Å². The number of rotatable bonds is 3. The molecule has 0 saturated heterocycles. The molecule has 1 aliphatic rings. The van der Waals surface area contributed by atoms with Crippen LogP contribution >= 0.6 is 22.7 Å². The van der Waals surface area contributed by atoms with Crippen molar-refractivity contribution in [3.63, 3.8) is 0 Å². The molecule has 0 saturated carbocycles. The summed E-state index contributed by atoms with van der Waals surface area (Å²) < 4.78 is 87.7. The van der Waals surface area contributed by atoms with E-state index in [1.54, 1.807) is 30.3 Å². The van der Waals surface area contributed by atoms with Crippen molar-refractivity contribution >= 4 is 33.8 Å². The van der Waals surface area contributed by atoms with Gasteiger partial charge in [0.25, 0.3) is 0 Å². The Bertz CT molecular complexity index is 1110. The average Bonchev–Trinajstić information content (AvgIpc) is 3.27. The molecule has 0 N–H and O–H groups in total. The highest BCUT2D eigenvalue weighted by atomic mass is 32.1. The molecule has 0 bridgehead atoms. The zero-order chi connectivity index (χ0) is 21.2. The number of thiazole rings is 1. The van der Waals surface area contributed by atoms with Crippen molar-refractivity contribution in [3.05, 3.63) is 62.8 Å². The Hall–Kier alpha value is -2.13. The second kappa shape index (κ2) is 6.43. The molecular formula is C20H13F6NS2. The highest BCUT2D eigenvalue weighted by Gasteiger charge is 2.81. The van der Waals surface area contributed by atoms with Crippen molar-refractivity contribution in [2.75, 3.05) is 0 Å². The summed E-state index contributed by atoms with van der Waals surface area (Å²) in [6.45, 7) is 2.83. The highest BCUT2D eigenvalue weighted by molar-refractivity contribution is 7.15. The van der Waals surface area contributed by atoms with E-state index in [1.165, 1.54) is 25.3 Å². The lowest BCUT2D eigenvalue weighted by Gasteiger charge is -2.25. The van der Waals surface area contributed by atoms with Crippen molar-refractivity contribution in [2.45, 2.75) is 31.6 Å². The number of benzene rings is 1. The Morgan fingerprint density at radius 3 is 2.03 bits per heavy atom. The maximum absolute atomic E-state index is 14.8. The molecule has 2 heterocycles. The summed E-state index contributed by atoms with van der Waals surface area (Å²) in [5.41, 5.74) is -2.44. The standard InChI is InChI=1S/C20H13F6NS2/c1-10-8-9-28-16(10)14-13(18(21,22)20(25,26)19(14,23)24)15-11(2)29-17(27-15)12-6-4-3-5-7-12/h3-9H,1-2H3. The van der Waals surface area contributed by atoms with Gasteiger partial charge in [-0.1, -0.05) is 30.3 Å².